The van der Waals surface area contributed by atoms with E-state index < -0.39 is 0 Å². The summed E-state index contributed by atoms with van der Waals surface area (Å²) < 4.78 is 0. The Hall–Kier alpha value is -4.90. The van der Waals surface area contributed by atoms with Crippen LogP contribution in [0.25, 0.3) is 11.4 Å². The molecule has 0 fully saturated rings. The summed E-state index contributed by atoms with van der Waals surface area (Å²) in [6, 6.07) is 43.7. The average Bonchev–Trinajstić information content (AvgIpc) is 3.68. The van der Waals surface area contributed by atoms with Crippen LogP contribution in [-0.2, 0) is 0 Å². The first-order valence-corrected chi connectivity index (χ1v) is 14.2. The van der Waals surface area contributed by atoms with Crippen LogP contribution in [0.2, 0.25) is 10.0 Å². The van der Waals surface area contributed by atoms with Gasteiger partial charge in [0.1, 0.15) is 0 Å². The molecule has 4 nitrogen and oxygen atoms in total. The molecule has 0 atom stereocenters. The summed E-state index contributed by atoms with van der Waals surface area (Å²) in [6.45, 7) is 0. The van der Waals surface area contributed by atoms with E-state index in [1.54, 1.807) is 0 Å². The van der Waals surface area contributed by atoms with E-state index in [1.807, 2.05) is 109 Å². The Morgan fingerprint density at radius 2 is 0.714 bits per heavy atom. The van der Waals surface area contributed by atoms with Gasteiger partial charge in [0.2, 0.25) is 0 Å². The molecule has 0 amide bonds. The summed E-state index contributed by atoms with van der Waals surface area (Å²) in [4.78, 5) is 19.8. The molecule has 0 aliphatic carbocycles. The Balaban J connectivity index is 1.40. The van der Waals surface area contributed by atoms with Crippen molar-refractivity contribution < 1.29 is 0 Å². The fourth-order valence-corrected chi connectivity index (χ4v) is 5.43. The highest BCUT2D eigenvalue weighted by molar-refractivity contribution is 6.40. The fourth-order valence-electron chi connectivity index (χ4n) is 4.99. The van der Waals surface area contributed by atoms with E-state index in [9.17, 15) is 0 Å². The summed E-state index contributed by atoms with van der Waals surface area (Å²) >= 11 is 13.0. The number of benzene rings is 5. The first kappa shape index (κ1) is 26.0. The molecule has 0 N–H and O–H groups in total. The van der Waals surface area contributed by atoms with E-state index in [-0.39, 0.29) is 0 Å². The molecule has 2 aliphatic heterocycles. The van der Waals surface area contributed by atoms with Gasteiger partial charge in [0.15, 0.2) is 11.7 Å². The topological polar surface area (TPSA) is 49.4 Å². The van der Waals surface area contributed by atoms with Crippen molar-refractivity contribution in [1.82, 2.24) is 0 Å². The fraction of sp³-hybridized carbons (Fsp3) is 0. The third-order valence-electron chi connectivity index (χ3n) is 7.08. The van der Waals surface area contributed by atoms with E-state index in [0.717, 1.165) is 55.5 Å². The highest BCUT2D eigenvalue weighted by Crippen LogP contribution is 2.26. The number of hydrogen-bond donors (Lipinski definition) is 0. The number of rotatable bonds is 4. The van der Waals surface area contributed by atoms with Gasteiger partial charge >= 0.3 is 0 Å². The van der Waals surface area contributed by atoms with Crippen LogP contribution in [0.4, 0.5) is 0 Å². The third-order valence-corrected chi connectivity index (χ3v) is 7.73. The van der Waals surface area contributed by atoms with Crippen LogP contribution in [-0.4, -0.2) is 23.1 Å². The van der Waals surface area contributed by atoms with Gasteiger partial charge in [0.25, 0.3) is 0 Å². The molecule has 0 aromatic heterocycles. The SMILES string of the molecule is Clc1ccccc1C1=NC(=c2ccc(=C3N=C(c4ccccc4Cl)N=C3c3ccccc3)cc2)C(c2ccccc2)=N1. The molecule has 0 bridgehead atoms. The van der Waals surface area contributed by atoms with Crippen LogP contribution >= 0.6 is 23.2 Å². The van der Waals surface area contributed by atoms with Crippen molar-refractivity contribution in [2.75, 3.05) is 0 Å². The van der Waals surface area contributed by atoms with Crippen molar-refractivity contribution in [3.63, 3.8) is 0 Å². The van der Waals surface area contributed by atoms with Gasteiger partial charge in [-0.2, -0.15) is 0 Å². The second kappa shape index (κ2) is 11.2. The van der Waals surface area contributed by atoms with Gasteiger partial charge < -0.3 is 0 Å². The van der Waals surface area contributed by atoms with Crippen molar-refractivity contribution >= 4 is 57.7 Å². The minimum Gasteiger partial charge on any atom is -0.226 e. The maximum Gasteiger partial charge on any atom is 0.162 e. The van der Waals surface area contributed by atoms with Gasteiger partial charge in [-0.25, -0.2) is 20.0 Å². The maximum absolute atomic E-state index is 6.52. The Morgan fingerprint density at radius 1 is 0.357 bits per heavy atom. The van der Waals surface area contributed by atoms with Crippen molar-refractivity contribution in [2.24, 2.45) is 20.0 Å². The van der Waals surface area contributed by atoms with Gasteiger partial charge in [-0.05, 0) is 24.3 Å². The molecule has 0 radical (unpaired) electrons. The summed E-state index contributed by atoms with van der Waals surface area (Å²) in [5, 5.41) is 3.11. The van der Waals surface area contributed by atoms with Gasteiger partial charge in [-0.3, -0.25) is 0 Å². The zero-order valence-electron chi connectivity index (χ0n) is 22.2. The van der Waals surface area contributed by atoms with Gasteiger partial charge in [0, 0.05) is 32.7 Å². The van der Waals surface area contributed by atoms with Crippen molar-refractivity contribution in [3.8, 4) is 0 Å². The zero-order chi connectivity index (χ0) is 28.5. The first-order chi connectivity index (χ1) is 20.7. The standard InChI is InChI=1S/C36H22Cl2N4/c37-29-17-9-7-15-27(29)35-39-31(23-11-3-1-4-12-23)33(41-35)25-19-21-26(22-20-25)34-32(24-13-5-2-6-14-24)40-36(42-34)28-16-8-10-18-30(28)38/h1-22H. The number of nitrogens with zero attached hydrogens (tertiary/aromatic N) is 4. The lowest BCUT2D eigenvalue weighted by Crippen LogP contribution is -2.17. The third kappa shape index (κ3) is 4.92. The van der Waals surface area contributed by atoms with Gasteiger partial charge in [-0.15, -0.1) is 0 Å². The van der Waals surface area contributed by atoms with Gasteiger partial charge in [0.05, 0.1) is 32.9 Å². The quantitative estimate of drug-likeness (QED) is 0.217. The Kier molecular flexibility index (Phi) is 6.92. The average molecular weight is 582 g/mol. The smallest absolute Gasteiger partial charge is 0.162 e. The number of halogens is 2. The Morgan fingerprint density at radius 3 is 1.10 bits per heavy atom. The molecule has 6 heteroatoms. The summed E-state index contributed by atoms with van der Waals surface area (Å²) in [6.07, 6.45) is 0. The van der Waals surface area contributed by atoms with Gasteiger partial charge in [-0.1, -0.05) is 132 Å². The van der Waals surface area contributed by atoms with Crippen LogP contribution < -0.4 is 10.4 Å². The minimum absolute atomic E-state index is 0.594. The highest BCUT2D eigenvalue weighted by Gasteiger charge is 2.23. The largest absolute Gasteiger partial charge is 0.226 e. The minimum atomic E-state index is 0.594. The molecular weight excluding hydrogens is 559 g/mol. The highest BCUT2D eigenvalue weighted by atomic mass is 35.5. The molecule has 0 spiro atoms. The number of hydrogen-bond acceptors (Lipinski definition) is 4. The molecular formula is C36H22Cl2N4. The van der Waals surface area contributed by atoms with Crippen LogP contribution in [0, 0.1) is 0 Å². The molecule has 7 rings (SSSR count). The summed E-state index contributed by atoms with van der Waals surface area (Å²) in [7, 11) is 0. The molecule has 0 saturated heterocycles. The number of aliphatic imine (C=N–C) groups is 4. The predicted octanol–water partition coefficient (Wildman–Crippen LogP) is 7.11. The molecule has 2 aliphatic rings. The molecule has 5 aromatic rings. The summed E-state index contributed by atoms with van der Waals surface area (Å²) in [5.74, 6) is 1.19. The molecule has 5 aromatic carbocycles. The first-order valence-electron chi connectivity index (χ1n) is 13.5. The molecule has 42 heavy (non-hydrogen) atoms. The van der Waals surface area contributed by atoms with Crippen LogP contribution in [0.3, 0.4) is 0 Å². The Labute approximate surface area is 253 Å². The molecule has 0 unspecified atom stereocenters. The van der Waals surface area contributed by atoms with Crippen LogP contribution in [0.15, 0.2) is 153 Å². The predicted molar refractivity (Wildman–Crippen MR) is 174 cm³/mol. The van der Waals surface area contributed by atoms with E-state index >= 15 is 0 Å². The van der Waals surface area contributed by atoms with Crippen molar-refractivity contribution in [3.05, 3.63) is 176 Å². The lowest BCUT2D eigenvalue weighted by Gasteiger charge is -2.03. The lowest BCUT2D eigenvalue weighted by molar-refractivity contribution is 1.46. The second-order valence-electron chi connectivity index (χ2n) is 9.76. The van der Waals surface area contributed by atoms with E-state index in [4.69, 9.17) is 43.2 Å². The lowest BCUT2D eigenvalue weighted by atomic mass is 10.0. The Bertz CT molecular complexity index is 1920. The monoisotopic (exact) mass is 580 g/mol. The summed E-state index contributed by atoms with van der Waals surface area (Å²) in [5.41, 5.74) is 6.75. The van der Waals surface area contributed by atoms with Crippen molar-refractivity contribution in [2.45, 2.75) is 0 Å². The van der Waals surface area contributed by atoms with E-state index in [2.05, 4.69) is 24.3 Å². The number of amidine groups is 2. The van der Waals surface area contributed by atoms with Crippen LogP contribution in [0.5, 0.6) is 0 Å². The zero-order valence-corrected chi connectivity index (χ0v) is 23.8. The van der Waals surface area contributed by atoms with E-state index in [0.29, 0.717) is 21.7 Å². The molecule has 2 heterocycles. The van der Waals surface area contributed by atoms with Crippen LogP contribution in [0.1, 0.15) is 22.3 Å². The molecule has 200 valence electrons. The normalized spacial score (nSPS) is 14.4. The maximum atomic E-state index is 6.52. The molecule has 0 saturated carbocycles. The van der Waals surface area contributed by atoms with Crippen molar-refractivity contribution in [1.29, 1.82) is 0 Å². The second-order valence-corrected chi connectivity index (χ2v) is 10.6. The van der Waals surface area contributed by atoms with E-state index in [1.165, 1.54) is 0 Å².